The molecule has 0 aliphatic heterocycles. The van der Waals surface area contributed by atoms with E-state index >= 15 is 0 Å². The summed E-state index contributed by atoms with van der Waals surface area (Å²) < 4.78 is 10.4. The van der Waals surface area contributed by atoms with E-state index in [9.17, 15) is 9.59 Å². The Labute approximate surface area is 127 Å². The normalized spacial score (nSPS) is 9.86. The van der Waals surface area contributed by atoms with E-state index in [4.69, 9.17) is 15.2 Å². The van der Waals surface area contributed by atoms with E-state index in [1.165, 1.54) is 6.07 Å². The fourth-order valence-corrected chi connectivity index (χ4v) is 1.92. The first-order chi connectivity index (χ1) is 10.6. The molecule has 0 atom stereocenters. The van der Waals surface area contributed by atoms with Crippen LogP contribution < -0.4 is 15.8 Å². The average Bonchev–Trinajstić information content (AvgIpc) is 2.52. The highest BCUT2D eigenvalue weighted by Crippen LogP contribution is 2.19. The Morgan fingerprint density at radius 3 is 2.64 bits per heavy atom. The molecule has 0 unspecified atom stereocenters. The number of carbonyl (C=O) groups is 2. The van der Waals surface area contributed by atoms with Crippen molar-refractivity contribution in [1.82, 2.24) is 0 Å². The molecule has 0 aromatic heterocycles. The summed E-state index contributed by atoms with van der Waals surface area (Å²) in [6, 6.07) is 12.9. The van der Waals surface area contributed by atoms with Gasteiger partial charge in [0.05, 0.1) is 12.7 Å². The minimum absolute atomic E-state index is 0.0936. The maximum absolute atomic E-state index is 12.0. The molecule has 0 saturated carbocycles. The molecule has 6 heteroatoms. The monoisotopic (exact) mass is 300 g/mol. The summed E-state index contributed by atoms with van der Waals surface area (Å²) in [6.07, 6.45) is 0. The van der Waals surface area contributed by atoms with Crippen molar-refractivity contribution >= 4 is 17.7 Å². The fourth-order valence-electron chi connectivity index (χ4n) is 1.92. The van der Waals surface area contributed by atoms with Crippen LogP contribution in [0, 0.1) is 0 Å². The molecule has 2 aromatic rings. The molecule has 6 nitrogen and oxygen atoms in total. The van der Waals surface area contributed by atoms with E-state index in [-0.39, 0.29) is 6.61 Å². The average molecular weight is 300 g/mol. The van der Waals surface area contributed by atoms with E-state index in [1.54, 1.807) is 31.4 Å². The van der Waals surface area contributed by atoms with Crippen LogP contribution >= 0.6 is 0 Å². The number of methoxy groups -OCH3 is 1. The highest BCUT2D eigenvalue weighted by molar-refractivity contribution is 5.93. The Bertz CT molecular complexity index is 685. The molecule has 0 fully saturated rings. The third-order valence-corrected chi connectivity index (χ3v) is 2.92. The van der Waals surface area contributed by atoms with Crippen molar-refractivity contribution in [2.45, 2.75) is 6.61 Å². The molecule has 0 saturated heterocycles. The lowest BCUT2D eigenvalue weighted by Crippen LogP contribution is -2.19. The molecule has 0 spiro atoms. The number of hydrogen-bond acceptors (Lipinski definition) is 4. The zero-order valence-electron chi connectivity index (χ0n) is 12.0. The number of esters is 1. The van der Waals surface area contributed by atoms with E-state index < -0.39 is 12.0 Å². The maximum Gasteiger partial charge on any atom is 0.338 e. The zero-order valence-corrected chi connectivity index (χ0v) is 12.0. The molecule has 0 heterocycles. The minimum atomic E-state index is -0.695. The Hall–Kier alpha value is -3.02. The largest absolute Gasteiger partial charge is 0.496 e. The van der Waals surface area contributed by atoms with Gasteiger partial charge in [0.2, 0.25) is 0 Å². The van der Waals surface area contributed by atoms with E-state index in [2.05, 4.69) is 5.32 Å². The number of ether oxygens (including phenoxy) is 2. The highest BCUT2D eigenvalue weighted by Gasteiger charge is 2.10. The first-order valence-electron chi connectivity index (χ1n) is 6.55. The van der Waals surface area contributed by atoms with E-state index in [0.717, 1.165) is 5.56 Å². The number of anilines is 1. The lowest BCUT2D eigenvalue weighted by atomic mass is 10.2. The van der Waals surface area contributed by atoms with Gasteiger partial charge in [-0.05, 0) is 24.3 Å². The van der Waals surface area contributed by atoms with Gasteiger partial charge < -0.3 is 20.5 Å². The number of nitrogens with two attached hydrogens (primary N) is 1. The molecule has 0 aliphatic rings. The van der Waals surface area contributed by atoms with Crippen molar-refractivity contribution in [3.8, 4) is 5.75 Å². The summed E-state index contributed by atoms with van der Waals surface area (Å²) in [6.45, 7) is 0.0936. The van der Waals surface area contributed by atoms with Crippen molar-refractivity contribution in [3.63, 3.8) is 0 Å². The number of carbonyl (C=O) groups excluding carboxylic acids is 2. The van der Waals surface area contributed by atoms with Crippen LogP contribution in [0.1, 0.15) is 15.9 Å². The van der Waals surface area contributed by atoms with Gasteiger partial charge >= 0.3 is 12.0 Å². The fraction of sp³-hybridized carbons (Fsp3) is 0.125. The number of nitrogens with one attached hydrogen (secondary N) is 1. The van der Waals surface area contributed by atoms with Crippen molar-refractivity contribution in [3.05, 3.63) is 59.7 Å². The Morgan fingerprint density at radius 2 is 1.91 bits per heavy atom. The third kappa shape index (κ3) is 3.99. The zero-order chi connectivity index (χ0) is 15.9. The molecule has 3 N–H and O–H groups in total. The van der Waals surface area contributed by atoms with Crippen molar-refractivity contribution in [1.29, 1.82) is 0 Å². The predicted octanol–water partition coefficient (Wildman–Crippen LogP) is 2.54. The first kappa shape index (κ1) is 15.4. The Kier molecular flexibility index (Phi) is 4.98. The summed E-state index contributed by atoms with van der Waals surface area (Å²) in [7, 11) is 1.56. The summed E-state index contributed by atoms with van der Waals surface area (Å²) in [5, 5.41) is 2.40. The number of para-hydroxylation sites is 1. The number of primary amides is 1. The minimum Gasteiger partial charge on any atom is -0.496 e. The molecule has 114 valence electrons. The molecule has 0 aliphatic carbocycles. The van der Waals surface area contributed by atoms with Gasteiger partial charge in [0, 0.05) is 11.3 Å². The number of hydrogen-bond donors (Lipinski definition) is 2. The molecular formula is C16H16N2O4. The topological polar surface area (TPSA) is 90.7 Å². The second kappa shape index (κ2) is 7.12. The molecule has 22 heavy (non-hydrogen) atoms. The summed E-state index contributed by atoms with van der Waals surface area (Å²) >= 11 is 0. The van der Waals surface area contributed by atoms with Crippen molar-refractivity contribution < 1.29 is 19.1 Å². The van der Waals surface area contributed by atoms with Gasteiger partial charge in [0.1, 0.15) is 12.4 Å². The summed E-state index contributed by atoms with van der Waals surface area (Å²) in [5.74, 6) is 0.151. The van der Waals surface area contributed by atoms with Gasteiger partial charge in [-0.2, -0.15) is 0 Å². The summed E-state index contributed by atoms with van der Waals surface area (Å²) in [4.78, 5) is 22.9. The first-order valence-corrected chi connectivity index (χ1v) is 6.55. The third-order valence-electron chi connectivity index (χ3n) is 2.92. The number of benzene rings is 2. The molecule has 2 amide bonds. The van der Waals surface area contributed by atoms with Gasteiger partial charge in [-0.15, -0.1) is 0 Å². The number of rotatable bonds is 5. The van der Waals surface area contributed by atoms with Crippen LogP contribution in [0.25, 0.3) is 0 Å². The highest BCUT2D eigenvalue weighted by atomic mass is 16.5. The standard InChI is InChI=1S/C16H16N2O4/c1-21-14-8-3-2-5-12(14)10-22-15(19)11-6-4-7-13(9-11)18-16(17)20/h2-9H,10H2,1H3,(H3,17,18,20). The van der Waals surface area contributed by atoms with Crippen molar-refractivity contribution in [2.75, 3.05) is 12.4 Å². The molecule has 0 radical (unpaired) electrons. The summed E-state index contributed by atoms with van der Waals surface area (Å²) in [5.41, 5.74) is 6.56. The molecule has 2 rings (SSSR count). The number of amides is 2. The second-order valence-electron chi connectivity index (χ2n) is 4.46. The van der Waals surface area contributed by atoms with Gasteiger partial charge in [-0.25, -0.2) is 9.59 Å². The predicted molar refractivity (Wildman–Crippen MR) is 81.8 cm³/mol. The number of urea groups is 1. The SMILES string of the molecule is COc1ccccc1COC(=O)c1cccc(NC(N)=O)c1. The van der Waals surface area contributed by atoms with Crippen LogP contribution in [0.2, 0.25) is 0 Å². The van der Waals surface area contributed by atoms with Gasteiger partial charge in [-0.3, -0.25) is 0 Å². The molecule has 2 aromatic carbocycles. The van der Waals surface area contributed by atoms with Crippen LogP contribution in [0.15, 0.2) is 48.5 Å². The van der Waals surface area contributed by atoms with Crippen LogP contribution in [-0.4, -0.2) is 19.1 Å². The van der Waals surface area contributed by atoms with Gasteiger partial charge in [-0.1, -0.05) is 24.3 Å². The molecular weight excluding hydrogens is 284 g/mol. The Morgan fingerprint density at radius 1 is 1.14 bits per heavy atom. The molecule has 0 bridgehead atoms. The maximum atomic E-state index is 12.0. The van der Waals surface area contributed by atoms with Gasteiger partial charge in [0.15, 0.2) is 0 Å². The Balaban J connectivity index is 2.04. The van der Waals surface area contributed by atoms with Crippen molar-refractivity contribution in [2.24, 2.45) is 5.73 Å². The van der Waals surface area contributed by atoms with E-state index in [1.807, 2.05) is 18.2 Å². The smallest absolute Gasteiger partial charge is 0.338 e. The van der Waals surface area contributed by atoms with Crippen LogP contribution in [-0.2, 0) is 11.3 Å². The van der Waals surface area contributed by atoms with E-state index in [0.29, 0.717) is 17.0 Å². The van der Waals surface area contributed by atoms with Crippen LogP contribution in [0.3, 0.4) is 0 Å². The lowest BCUT2D eigenvalue weighted by molar-refractivity contribution is 0.0470. The van der Waals surface area contributed by atoms with Crippen LogP contribution in [0.5, 0.6) is 5.75 Å². The quantitative estimate of drug-likeness (QED) is 0.830. The van der Waals surface area contributed by atoms with Crippen LogP contribution in [0.4, 0.5) is 10.5 Å². The van der Waals surface area contributed by atoms with Gasteiger partial charge in [0.25, 0.3) is 0 Å². The lowest BCUT2D eigenvalue weighted by Gasteiger charge is -2.09. The second-order valence-corrected chi connectivity index (χ2v) is 4.46.